The number of benzene rings is 1. The second-order valence-corrected chi connectivity index (χ2v) is 4.24. The minimum absolute atomic E-state index is 0.717. The van der Waals surface area contributed by atoms with Crippen LogP contribution in [-0.4, -0.2) is 47.5 Å². The molecule has 6 nitrogen and oxygen atoms in total. The first-order chi connectivity index (χ1) is 12.0. The lowest BCUT2D eigenvalue weighted by Gasteiger charge is -2.50. The molecule has 1 aromatic carbocycles. The highest BCUT2D eigenvalue weighted by Gasteiger charge is 2.78. The number of likely N-dealkylation sites (tertiary alicyclic amines) is 2. The summed E-state index contributed by atoms with van der Waals surface area (Å²) < 4.78 is 0. The van der Waals surface area contributed by atoms with Gasteiger partial charge in [-0.05, 0) is 0 Å². The van der Waals surface area contributed by atoms with Crippen LogP contribution in [0, 0.1) is 5.41 Å². The lowest BCUT2D eigenvalue weighted by molar-refractivity contribution is -0.196. The normalized spacial score (nSPS) is 15.7. The third kappa shape index (κ3) is 4.32. The molecule has 3 rings (SSSR count). The van der Waals surface area contributed by atoms with Crippen LogP contribution in [-0.2, 0) is 19.2 Å². The third-order valence-electron chi connectivity index (χ3n) is 3.17. The van der Waals surface area contributed by atoms with Gasteiger partial charge in [-0.15, -0.1) is 0 Å². The van der Waals surface area contributed by atoms with Crippen molar-refractivity contribution in [2.45, 2.75) is 41.5 Å². The van der Waals surface area contributed by atoms with E-state index in [1.54, 1.807) is 0 Å². The van der Waals surface area contributed by atoms with Crippen molar-refractivity contribution >= 4 is 23.6 Å². The average Bonchev–Trinajstić information content (AvgIpc) is 2.73. The zero-order valence-electron chi connectivity index (χ0n) is 16.5. The van der Waals surface area contributed by atoms with Gasteiger partial charge in [-0.25, -0.2) is 0 Å². The smallest absolute Gasteiger partial charge is 0.282 e. The monoisotopic (exact) mass is 350 g/mol. The summed E-state index contributed by atoms with van der Waals surface area (Å²) >= 11 is 0. The molecule has 0 atom stereocenters. The molecule has 0 bridgehead atoms. The highest BCUT2D eigenvalue weighted by Crippen LogP contribution is 2.42. The number of hydrogen-bond acceptors (Lipinski definition) is 4. The van der Waals surface area contributed by atoms with Crippen molar-refractivity contribution in [2.75, 3.05) is 14.1 Å². The second kappa shape index (κ2) is 11.9. The Kier molecular flexibility index (Phi) is 11.8. The van der Waals surface area contributed by atoms with Crippen LogP contribution in [0.15, 0.2) is 36.4 Å². The molecule has 2 heterocycles. The molecule has 0 aromatic heterocycles. The van der Waals surface area contributed by atoms with Gasteiger partial charge in [0.1, 0.15) is 0 Å². The molecule has 1 aromatic rings. The lowest BCUT2D eigenvalue weighted by Crippen LogP contribution is -2.82. The van der Waals surface area contributed by atoms with Crippen molar-refractivity contribution in [3.8, 4) is 0 Å². The summed E-state index contributed by atoms with van der Waals surface area (Å²) in [5.41, 5.74) is -1.98. The van der Waals surface area contributed by atoms with Gasteiger partial charge < -0.3 is 0 Å². The molecule has 0 radical (unpaired) electrons. The van der Waals surface area contributed by atoms with Gasteiger partial charge in [0.15, 0.2) is 0 Å². The van der Waals surface area contributed by atoms with Crippen LogP contribution in [0.3, 0.4) is 0 Å². The van der Waals surface area contributed by atoms with Gasteiger partial charge in [0.2, 0.25) is 0 Å². The summed E-state index contributed by atoms with van der Waals surface area (Å²) in [5.74, 6) is -2.87. The Labute approximate surface area is 150 Å². The molecule has 0 N–H and O–H groups in total. The topological polar surface area (TPSA) is 74.8 Å². The number of β-lactam (4-membered cyclic amide) rings is 4. The van der Waals surface area contributed by atoms with Crippen molar-refractivity contribution in [1.29, 1.82) is 0 Å². The van der Waals surface area contributed by atoms with Crippen LogP contribution < -0.4 is 0 Å². The zero-order chi connectivity index (χ0) is 20.2. The van der Waals surface area contributed by atoms with Crippen LogP contribution in [0.2, 0.25) is 0 Å². The standard InChI is InChI=1S/C7H6N2O4.C6H6.3C2H6/c1-8-3(10)7(4(8)11)5(12)9(2)6(7)13;1-2-4-6-5-3-1;3*1-2/h1-2H3;1-6H;3*1-2H3. The van der Waals surface area contributed by atoms with E-state index in [1.807, 2.05) is 77.9 Å². The first-order valence-electron chi connectivity index (χ1n) is 8.61. The van der Waals surface area contributed by atoms with E-state index in [0.29, 0.717) is 0 Å². The van der Waals surface area contributed by atoms with E-state index < -0.39 is 29.0 Å². The molecule has 140 valence electrons. The third-order valence-corrected chi connectivity index (χ3v) is 3.17. The molecule has 2 aliphatic rings. The molecule has 1 spiro atoms. The quantitative estimate of drug-likeness (QED) is 0.533. The maximum absolute atomic E-state index is 11.2. The van der Waals surface area contributed by atoms with Gasteiger partial charge in [-0.3, -0.25) is 29.0 Å². The Balaban J connectivity index is 0. The molecule has 2 fully saturated rings. The number of hydrogen-bond donors (Lipinski definition) is 0. The van der Waals surface area contributed by atoms with E-state index in [0.717, 1.165) is 9.80 Å². The minimum atomic E-state index is -1.98. The molecule has 2 saturated heterocycles. The number of carbonyl (C=O) groups excluding carboxylic acids is 4. The van der Waals surface area contributed by atoms with Gasteiger partial charge in [0, 0.05) is 14.1 Å². The van der Waals surface area contributed by atoms with Gasteiger partial charge >= 0.3 is 0 Å². The van der Waals surface area contributed by atoms with Crippen molar-refractivity contribution in [3.63, 3.8) is 0 Å². The predicted octanol–water partition coefficient (Wildman–Crippen LogP) is 2.74. The van der Waals surface area contributed by atoms with Gasteiger partial charge in [-0.1, -0.05) is 77.9 Å². The van der Waals surface area contributed by atoms with Gasteiger partial charge in [0.05, 0.1) is 0 Å². The van der Waals surface area contributed by atoms with E-state index in [4.69, 9.17) is 0 Å². The maximum Gasteiger partial charge on any atom is 0.284 e. The largest absolute Gasteiger partial charge is 0.284 e. The van der Waals surface area contributed by atoms with E-state index in [2.05, 4.69) is 0 Å². The zero-order valence-corrected chi connectivity index (χ0v) is 16.5. The Hall–Kier alpha value is -2.50. The summed E-state index contributed by atoms with van der Waals surface area (Å²) in [4.78, 5) is 46.3. The number of rotatable bonds is 0. The summed E-state index contributed by atoms with van der Waals surface area (Å²) in [6.07, 6.45) is 0. The van der Waals surface area contributed by atoms with Crippen LogP contribution in [0.4, 0.5) is 0 Å². The van der Waals surface area contributed by atoms with E-state index in [1.165, 1.54) is 14.1 Å². The fraction of sp³-hybridized carbons (Fsp3) is 0.474. The number of amides is 4. The fourth-order valence-electron chi connectivity index (χ4n) is 2.02. The van der Waals surface area contributed by atoms with Crippen molar-refractivity contribution in [2.24, 2.45) is 5.41 Å². The second-order valence-electron chi connectivity index (χ2n) is 4.24. The predicted molar refractivity (Wildman–Crippen MR) is 98.5 cm³/mol. The molecule has 2 aliphatic heterocycles. The van der Waals surface area contributed by atoms with Crippen molar-refractivity contribution < 1.29 is 19.2 Å². The number of imide groups is 2. The van der Waals surface area contributed by atoms with Crippen LogP contribution in [0.25, 0.3) is 0 Å². The van der Waals surface area contributed by atoms with Crippen LogP contribution in [0.5, 0.6) is 0 Å². The van der Waals surface area contributed by atoms with Crippen LogP contribution in [0.1, 0.15) is 41.5 Å². The highest BCUT2D eigenvalue weighted by atomic mass is 16.2. The van der Waals surface area contributed by atoms with E-state index in [9.17, 15) is 19.2 Å². The van der Waals surface area contributed by atoms with Crippen molar-refractivity contribution in [3.05, 3.63) is 36.4 Å². The summed E-state index contributed by atoms with van der Waals surface area (Å²) in [6.45, 7) is 12.0. The minimum Gasteiger partial charge on any atom is -0.282 e. The van der Waals surface area contributed by atoms with E-state index >= 15 is 0 Å². The fourth-order valence-corrected chi connectivity index (χ4v) is 2.02. The molecule has 0 saturated carbocycles. The summed E-state index contributed by atoms with van der Waals surface area (Å²) in [6, 6.07) is 12.0. The Bertz CT molecular complexity index is 472. The SMILES string of the molecule is CC.CC.CC.CN1C(=O)C2(C1=O)C(=O)N(C)C2=O.c1ccccc1. The molecule has 6 heteroatoms. The molecule has 4 amide bonds. The maximum atomic E-state index is 11.2. The highest BCUT2D eigenvalue weighted by molar-refractivity contribution is 6.52. The molecular weight excluding hydrogens is 320 g/mol. The van der Waals surface area contributed by atoms with Gasteiger partial charge in [0.25, 0.3) is 29.0 Å². The van der Waals surface area contributed by atoms with Crippen molar-refractivity contribution in [1.82, 2.24) is 9.80 Å². The molecule has 0 unspecified atom stereocenters. The lowest BCUT2D eigenvalue weighted by atomic mass is 9.69. The number of carbonyl (C=O) groups is 4. The first-order valence-corrected chi connectivity index (χ1v) is 8.61. The summed E-state index contributed by atoms with van der Waals surface area (Å²) in [5, 5.41) is 0. The summed E-state index contributed by atoms with van der Waals surface area (Å²) in [7, 11) is 2.49. The molecule has 25 heavy (non-hydrogen) atoms. The Morgan fingerprint density at radius 3 is 0.840 bits per heavy atom. The van der Waals surface area contributed by atoms with Crippen LogP contribution >= 0.6 is 0 Å². The first kappa shape index (κ1) is 24.7. The van der Waals surface area contributed by atoms with E-state index in [-0.39, 0.29) is 0 Å². The Morgan fingerprint density at radius 2 is 0.680 bits per heavy atom. The van der Waals surface area contributed by atoms with Gasteiger partial charge in [-0.2, -0.15) is 0 Å². The average molecular weight is 350 g/mol. The molecule has 0 aliphatic carbocycles. The molecular formula is C19H30N2O4. The number of nitrogens with zero attached hydrogens (tertiary/aromatic N) is 2. The Morgan fingerprint density at radius 1 is 0.520 bits per heavy atom.